The summed E-state index contributed by atoms with van der Waals surface area (Å²) in [5.74, 6) is -1.12. The lowest BCUT2D eigenvalue weighted by atomic mass is 9.97. The van der Waals surface area contributed by atoms with Crippen LogP contribution < -0.4 is 0 Å². The molecular formula is C11H13N3O4. The first kappa shape index (κ1) is 14.0. The Morgan fingerprint density at radius 1 is 1.50 bits per heavy atom. The van der Waals surface area contributed by atoms with Crippen LogP contribution in [0.4, 0.5) is 0 Å². The molecule has 0 aliphatic rings. The van der Waals surface area contributed by atoms with Crippen LogP contribution in [0.1, 0.15) is 27.6 Å². The number of carboxylic acid groups (broad SMARTS) is 1. The number of aryl methyl sites for hydroxylation is 1. The average molecular weight is 251 g/mol. The highest BCUT2D eigenvalue weighted by Crippen LogP contribution is 2.22. The van der Waals surface area contributed by atoms with Gasteiger partial charge in [-0.15, -0.1) is 0 Å². The zero-order valence-electron chi connectivity index (χ0n) is 9.69. The number of carbonyl (C=O) groups is 1. The minimum absolute atomic E-state index is 0.0191. The molecule has 0 saturated carbocycles. The SMILES string of the molecule is Cc1ccc(C(=O)O)cc1C(O)C(O)CN=[N+]=[N-]. The summed E-state index contributed by atoms with van der Waals surface area (Å²) < 4.78 is 0. The number of carboxylic acids is 1. The van der Waals surface area contributed by atoms with Crippen molar-refractivity contribution in [1.82, 2.24) is 0 Å². The van der Waals surface area contributed by atoms with Gasteiger partial charge in [-0.3, -0.25) is 0 Å². The van der Waals surface area contributed by atoms with Crippen molar-refractivity contribution in [2.45, 2.75) is 19.1 Å². The lowest BCUT2D eigenvalue weighted by Crippen LogP contribution is -2.22. The molecule has 2 unspecified atom stereocenters. The predicted molar refractivity (Wildman–Crippen MR) is 63.1 cm³/mol. The highest BCUT2D eigenvalue weighted by Gasteiger charge is 2.20. The largest absolute Gasteiger partial charge is 0.478 e. The molecule has 0 spiro atoms. The highest BCUT2D eigenvalue weighted by atomic mass is 16.4. The summed E-state index contributed by atoms with van der Waals surface area (Å²) in [5.41, 5.74) is 9.09. The van der Waals surface area contributed by atoms with Crippen LogP contribution in [-0.4, -0.2) is 33.9 Å². The van der Waals surface area contributed by atoms with Crippen molar-refractivity contribution in [3.8, 4) is 0 Å². The molecule has 96 valence electrons. The molecule has 1 aromatic rings. The quantitative estimate of drug-likeness (QED) is 0.415. The second-order valence-corrected chi connectivity index (χ2v) is 3.80. The summed E-state index contributed by atoms with van der Waals surface area (Å²) in [6.07, 6.45) is -2.57. The van der Waals surface area contributed by atoms with E-state index in [1.54, 1.807) is 13.0 Å². The topological polar surface area (TPSA) is 127 Å². The van der Waals surface area contributed by atoms with E-state index in [1.165, 1.54) is 12.1 Å². The number of aliphatic hydroxyl groups is 2. The number of aliphatic hydroxyl groups excluding tert-OH is 2. The van der Waals surface area contributed by atoms with E-state index in [9.17, 15) is 15.0 Å². The van der Waals surface area contributed by atoms with Gasteiger partial charge in [0.1, 0.15) is 6.10 Å². The summed E-state index contributed by atoms with van der Waals surface area (Å²) in [6.45, 7) is 1.40. The van der Waals surface area contributed by atoms with Crippen molar-refractivity contribution in [1.29, 1.82) is 0 Å². The van der Waals surface area contributed by atoms with Crippen molar-refractivity contribution in [3.05, 3.63) is 45.3 Å². The number of azide groups is 1. The van der Waals surface area contributed by atoms with Gasteiger partial charge in [0.25, 0.3) is 0 Å². The van der Waals surface area contributed by atoms with Crippen LogP contribution in [-0.2, 0) is 0 Å². The first-order chi connectivity index (χ1) is 8.47. The number of rotatable bonds is 5. The zero-order chi connectivity index (χ0) is 13.7. The summed E-state index contributed by atoms with van der Waals surface area (Å²) in [6, 6.07) is 4.25. The second-order valence-electron chi connectivity index (χ2n) is 3.80. The van der Waals surface area contributed by atoms with Crippen molar-refractivity contribution >= 4 is 5.97 Å². The molecule has 0 saturated heterocycles. The maximum Gasteiger partial charge on any atom is 0.335 e. The van der Waals surface area contributed by atoms with Gasteiger partial charge in [-0.2, -0.15) is 0 Å². The standard InChI is InChI=1S/C11H13N3O4/c1-6-2-3-7(11(17)18)4-8(6)10(16)9(15)5-13-14-12/h2-4,9-10,15-16H,5H2,1H3,(H,17,18). The molecule has 0 aromatic heterocycles. The second kappa shape index (κ2) is 6.02. The molecular weight excluding hydrogens is 238 g/mol. The Morgan fingerprint density at radius 3 is 2.72 bits per heavy atom. The van der Waals surface area contributed by atoms with Gasteiger partial charge in [0.2, 0.25) is 0 Å². The minimum Gasteiger partial charge on any atom is -0.478 e. The lowest BCUT2D eigenvalue weighted by molar-refractivity contribution is 0.0239. The fourth-order valence-electron chi connectivity index (χ4n) is 1.52. The molecule has 0 aliphatic heterocycles. The van der Waals surface area contributed by atoms with Crippen molar-refractivity contribution in [2.24, 2.45) is 5.11 Å². The van der Waals surface area contributed by atoms with Crippen molar-refractivity contribution in [3.63, 3.8) is 0 Å². The lowest BCUT2D eigenvalue weighted by Gasteiger charge is -2.18. The Balaban J connectivity index is 3.03. The van der Waals surface area contributed by atoms with Crippen LogP contribution in [0.2, 0.25) is 0 Å². The molecule has 0 radical (unpaired) electrons. The van der Waals surface area contributed by atoms with Crippen LogP contribution in [0.5, 0.6) is 0 Å². The summed E-state index contributed by atoms with van der Waals surface area (Å²) >= 11 is 0. The third-order valence-electron chi connectivity index (χ3n) is 2.54. The smallest absolute Gasteiger partial charge is 0.335 e. The van der Waals surface area contributed by atoms with Gasteiger partial charge in [0, 0.05) is 4.91 Å². The molecule has 0 heterocycles. The van der Waals surface area contributed by atoms with E-state index < -0.39 is 18.2 Å². The molecule has 0 aliphatic carbocycles. The Labute approximate surface area is 103 Å². The molecule has 0 bridgehead atoms. The van der Waals surface area contributed by atoms with Gasteiger partial charge in [-0.1, -0.05) is 11.2 Å². The van der Waals surface area contributed by atoms with Gasteiger partial charge >= 0.3 is 5.97 Å². The molecule has 1 aromatic carbocycles. The molecule has 0 amide bonds. The van der Waals surface area contributed by atoms with E-state index in [1.807, 2.05) is 0 Å². The number of hydrogen-bond acceptors (Lipinski definition) is 4. The van der Waals surface area contributed by atoms with Gasteiger partial charge in [0.05, 0.1) is 18.2 Å². The van der Waals surface area contributed by atoms with Crippen LogP contribution in [0.3, 0.4) is 0 Å². The highest BCUT2D eigenvalue weighted by molar-refractivity contribution is 5.87. The van der Waals surface area contributed by atoms with Crippen molar-refractivity contribution in [2.75, 3.05) is 6.54 Å². The van der Waals surface area contributed by atoms with Crippen LogP contribution in [0, 0.1) is 6.92 Å². The van der Waals surface area contributed by atoms with E-state index >= 15 is 0 Å². The molecule has 1 rings (SSSR count). The van der Waals surface area contributed by atoms with E-state index in [2.05, 4.69) is 10.0 Å². The molecule has 7 nitrogen and oxygen atoms in total. The Bertz CT molecular complexity index is 497. The molecule has 3 N–H and O–H groups in total. The van der Waals surface area contributed by atoms with Gasteiger partial charge in [0.15, 0.2) is 0 Å². The number of hydrogen-bond donors (Lipinski definition) is 3. The van der Waals surface area contributed by atoms with Crippen molar-refractivity contribution < 1.29 is 20.1 Å². The number of aromatic carboxylic acids is 1. The number of benzene rings is 1. The number of nitrogens with zero attached hydrogens (tertiary/aromatic N) is 3. The molecule has 7 heteroatoms. The maximum absolute atomic E-state index is 10.8. The molecule has 18 heavy (non-hydrogen) atoms. The molecule has 2 atom stereocenters. The monoisotopic (exact) mass is 251 g/mol. The first-order valence-corrected chi connectivity index (χ1v) is 5.18. The minimum atomic E-state index is -1.30. The summed E-state index contributed by atoms with van der Waals surface area (Å²) in [5, 5.41) is 31.5. The van der Waals surface area contributed by atoms with Crippen LogP contribution >= 0.6 is 0 Å². The fraction of sp³-hybridized carbons (Fsp3) is 0.364. The zero-order valence-corrected chi connectivity index (χ0v) is 9.69. The maximum atomic E-state index is 10.8. The normalized spacial score (nSPS) is 13.5. The van der Waals surface area contributed by atoms with E-state index in [-0.39, 0.29) is 12.1 Å². The Morgan fingerprint density at radius 2 is 2.17 bits per heavy atom. The van der Waals surface area contributed by atoms with Gasteiger partial charge < -0.3 is 15.3 Å². The van der Waals surface area contributed by atoms with E-state index in [0.717, 1.165) is 0 Å². The third-order valence-corrected chi connectivity index (χ3v) is 2.54. The molecule has 0 fully saturated rings. The van der Waals surface area contributed by atoms with Crippen LogP contribution in [0.15, 0.2) is 23.3 Å². The van der Waals surface area contributed by atoms with Gasteiger partial charge in [-0.25, -0.2) is 4.79 Å². The summed E-state index contributed by atoms with van der Waals surface area (Å²) in [7, 11) is 0. The first-order valence-electron chi connectivity index (χ1n) is 5.18. The third kappa shape index (κ3) is 3.21. The van der Waals surface area contributed by atoms with Gasteiger partial charge in [-0.05, 0) is 35.7 Å². The summed E-state index contributed by atoms with van der Waals surface area (Å²) in [4.78, 5) is 13.3. The fourth-order valence-corrected chi connectivity index (χ4v) is 1.52. The predicted octanol–water partition coefficient (Wildman–Crippen LogP) is 1.40. The Hall–Kier alpha value is -2.08. The van der Waals surface area contributed by atoms with E-state index in [0.29, 0.717) is 11.1 Å². The van der Waals surface area contributed by atoms with E-state index in [4.69, 9.17) is 10.6 Å². The van der Waals surface area contributed by atoms with Crippen LogP contribution in [0.25, 0.3) is 10.4 Å². The Kier molecular flexibility index (Phi) is 4.67. The average Bonchev–Trinajstić information content (AvgIpc) is 2.35.